The molecule has 16 heavy (non-hydrogen) atoms. The number of nitrogens with one attached hydrogen (secondary N) is 1. The van der Waals surface area contributed by atoms with Crippen LogP contribution in [0.3, 0.4) is 0 Å². The number of benzene rings is 1. The van der Waals surface area contributed by atoms with E-state index >= 15 is 0 Å². The molecule has 0 heterocycles. The van der Waals surface area contributed by atoms with Gasteiger partial charge >= 0.3 is 0 Å². The van der Waals surface area contributed by atoms with Gasteiger partial charge in [0.1, 0.15) is 5.82 Å². The molecule has 0 aliphatic heterocycles. The van der Waals surface area contributed by atoms with Gasteiger partial charge in [-0.05, 0) is 31.5 Å². The van der Waals surface area contributed by atoms with E-state index in [1.807, 2.05) is 6.07 Å². The number of rotatable bonds is 6. The van der Waals surface area contributed by atoms with Gasteiger partial charge in [-0.2, -0.15) is 0 Å². The fourth-order valence-corrected chi connectivity index (χ4v) is 1.91. The summed E-state index contributed by atoms with van der Waals surface area (Å²) in [6.07, 6.45) is 2.18. The Morgan fingerprint density at radius 2 is 2.19 bits per heavy atom. The first-order valence-electron chi connectivity index (χ1n) is 5.42. The summed E-state index contributed by atoms with van der Waals surface area (Å²) in [4.78, 5) is 0.551. The molecule has 1 atom stereocenters. The Balaban J connectivity index is 2.32. The number of alkyl halides is 1. The fourth-order valence-electron chi connectivity index (χ4n) is 1.35. The highest BCUT2D eigenvalue weighted by atomic mass is 79.9. The van der Waals surface area contributed by atoms with Crippen LogP contribution < -0.4 is 5.32 Å². The Morgan fingerprint density at radius 1 is 1.44 bits per heavy atom. The van der Waals surface area contributed by atoms with Gasteiger partial charge in [-0.25, -0.2) is 4.39 Å². The lowest BCUT2D eigenvalue weighted by atomic mass is 10.2. The summed E-state index contributed by atoms with van der Waals surface area (Å²) in [5, 5.41) is 3.24. The SMILES string of the molecule is CCC(Br)CCNCc1ccc(Br)cc1F. The van der Waals surface area contributed by atoms with Crippen molar-refractivity contribution in [1.29, 1.82) is 0 Å². The van der Waals surface area contributed by atoms with Crippen molar-refractivity contribution in [3.8, 4) is 0 Å². The van der Waals surface area contributed by atoms with Gasteiger partial charge in [-0.1, -0.05) is 44.8 Å². The van der Waals surface area contributed by atoms with Crippen molar-refractivity contribution in [3.05, 3.63) is 34.1 Å². The van der Waals surface area contributed by atoms with Gasteiger partial charge in [0.25, 0.3) is 0 Å². The monoisotopic (exact) mass is 351 g/mol. The molecule has 90 valence electrons. The van der Waals surface area contributed by atoms with Crippen LogP contribution in [0, 0.1) is 5.82 Å². The molecule has 0 saturated heterocycles. The van der Waals surface area contributed by atoms with Crippen LogP contribution in [-0.2, 0) is 6.54 Å². The molecule has 0 aromatic heterocycles. The normalized spacial score (nSPS) is 12.8. The lowest BCUT2D eigenvalue weighted by Gasteiger charge is -2.08. The quantitative estimate of drug-likeness (QED) is 0.596. The average molecular weight is 353 g/mol. The van der Waals surface area contributed by atoms with Gasteiger partial charge in [-0.3, -0.25) is 0 Å². The van der Waals surface area contributed by atoms with Gasteiger partial charge in [0.2, 0.25) is 0 Å². The molecular weight excluding hydrogens is 337 g/mol. The summed E-state index contributed by atoms with van der Waals surface area (Å²) < 4.78 is 14.2. The smallest absolute Gasteiger partial charge is 0.128 e. The van der Waals surface area contributed by atoms with E-state index in [0.717, 1.165) is 23.9 Å². The van der Waals surface area contributed by atoms with Crippen molar-refractivity contribution in [2.24, 2.45) is 0 Å². The second kappa shape index (κ2) is 7.41. The first-order valence-corrected chi connectivity index (χ1v) is 7.13. The van der Waals surface area contributed by atoms with Crippen LogP contribution in [0.4, 0.5) is 4.39 Å². The third-order valence-electron chi connectivity index (χ3n) is 2.41. The molecule has 1 rings (SSSR count). The highest BCUT2D eigenvalue weighted by Gasteiger charge is 2.03. The number of hydrogen-bond donors (Lipinski definition) is 1. The second-order valence-corrected chi connectivity index (χ2v) is 5.92. The molecule has 1 N–H and O–H groups in total. The van der Waals surface area contributed by atoms with E-state index in [0.29, 0.717) is 16.9 Å². The van der Waals surface area contributed by atoms with Crippen LogP contribution in [0.1, 0.15) is 25.3 Å². The Labute approximate surface area is 113 Å². The Kier molecular flexibility index (Phi) is 6.54. The molecule has 0 spiro atoms. The molecule has 0 aliphatic rings. The maximum atomic E-state index is 13.4. The van der Waals surface area contributed by atoms with Gasteiger partial charge in [0.05, 0.1) is 0 Å². The molecule has 1 aromatic carbocycles. The second-order valence-electron chi connectivity index (χ2n) is 3.71. The van der Waals surface area contributed by atoms with E-state index in [-0.39, 0.29) is 5.82 Å². The molecule has 0 aliphatic carbocycles. The summed E-state index contributed by atoms with van der Waals surface area (Å²) in [6.45, 7) is 3.63. The zero-order chi connectivity index (χ0) is 12.0. The summed E-state index contributed by atoms with van der Waals surface area (Å²) in [5.41, 5.74) is 0.714. The third-order valence-corrected chi connectivity index (χ3v) is 4.01. The van der Waals surface area contributed by atoms with E-state index in [9.17, 15) is 4.39 Å². The molecule has 4 heteroatoms. The number of hydrogen-bond acceptors (Lipinski definition) is 1. The predicted octanol–water partition coefficient (Wildman–Crippen LogP) is 4.24. The van der Waals surface area contributed by atoms with Crippen LogP contribution in [0.5, 0.6) is 0 Å². The van der Waals surface area contributed by atoms with E-state index in [1.165, 1.54) is 6.07 Å². The first-order chi connectivity index (χ1) is 7.63. The van der Waals surface area contributed by atoms with Crippen molar-refractivity contribution in [3.63, 3.8) is 0 Å². The Bertz CT molecular complexity index is 331. The Hall–Kier alpha value is 0.0700. The molecule has 0 saturated carbocycles. The average Bonchev–Trinajstić information content (AvgIpc) is 2.26. The van der Waals surface area contributed by atoms with Crippen LogP contribution >= 0.6 is 31.9 Å². The lowest BCUT2D eigenvalue weighted by Crippen LogP contribution is -2.18. The highest BCUT2D eigenvalue weighted by Crippen LogP contribution is 2.15. The van der Waals surface area contributed by atoms with Gasteiger partial charge < -0.3 is 5.32 Å². The Morgan fingerprint density at radius 3 is 2.81 bits per heavy atom. The summed E-state index contributed by atoms with van der Waals surface area (Å²) in [5.74, 6) is -0.159. The number of halogens is 3. The molecule has 1 nitrogen and oxygen atoms in total. The topological polar surface area (TPSA) is 12.0 Å². The zero-order valence-corrected chi connectivity index (χ0v) is 12.4. The van der Waals surface area contributed by atoms with Crippen LogP contribution in [0.15, 0.2) is 22.7 Å². The molecule has 1 unspecified atom stereocenters. The van der Waals surface area contributed by atoms with Crippen molar-refractivity contribution < 1.29 is 4.39 Å². The minimum Gasteiger partial charge on any atom is -0.313 e. The van der Waals surface area contributed by atoms with Crippen LogP contribution in [-0.4, -0.2) is 11.4 Å². The molecular formula is C12H16Br2FN. The zero-order valence-electron chi connectivity index (χ0n) is 9.27. The molecule has 1 aromatic rings. The van der Waals surface area contributed by atoms with E-state index in [1.54, 1.807) is 6.07 Å². The first kappa shape index (κ1) is 14.1. The van der Waals surface area contributed by atoms with E-state index in [2.05, 4.69) is 44.1 Å². The van der Waals surface area contributed by atoms with Crippen molar-refractivity contribution in [2.45, 2.75) is 31.1 Å². The minimum absolute atomic E-state index is 0.159. The largest absolute Gasteiger partial charge is 0.313 e. The fraction of sp³-hybridized carbons (Fsp3) is 0.500. The molecule has 0 radical (unpaired) electrons. The summed E-state index contributed by atoms with van der Waals surface area (Å²) in [7, 11) is 0. The lowest BCUT2D eigenvalue weighted by molar-refractivity contribution is 0.577. The van der Waals surface area contributed by atoms with Crippen LogP contribution in [0.2, 0.25) is 0 Å². The van der Waals surface area contributed by atoms with Gasteiger partial charge in [0.15, 0.2) is 0 Å². The highest BCUT2D eigenvalue weighted by molar-refractivity contribution is 9.10. The van der Waals surface area contributed by atoms with Crippen LogP contribution in [0.25, 0.3) is 0 Å². The van der Waals surface area contributed by atoms with E-state index < -0.39 is 0 Å². The van der Waals surface area contributed by atoms with Crippen molar-refractivity contribution in [2.75, 3.05) is 6.54 Å². The van der Waals surface area contributed by atoms with Crippen molar-refractivity contribution >= 4 is 31.9 Å². The summed E-state index contributed by atoms with van der Waals surface area (Å²) >= 11 is 6.81. The third kappa shape index (κ3) is 4.93. The summed E-state index contributed by atoms with van der Waals surface area (Å²) in [6, 6.07) is 5.16. The van der Waals surface area contributed by atoms with Gasteiger partial charge in [-0.15, -0.1) is 0 Å². The molecule has 0 fully saturated rings. The maximum absolute atomic E-state index is 13.4. The maximum Gasteiger partial charge on any atom is 0.128 e. The standard InChI is InChI=1S/C12H16Br2FN/c1-2-10(13)5-6-16-8-9-3-4-11(14)7-12(9)15/h3-4,7,10,16H,2,5-6,8H2,1H3. The van der Waals surface area contributed by atoms with E-state index in [4.69, 9.17) is 0 Å². The van der Waals surface area contributed by atoms with Crippen molar-refractivity contribution in [1.82, 2.24) is 5.32 Å². The van der Waals surface area contributed by atoms with Gasteiger partial charge in [0, 0.05) is 21.4 Å². The predicted molar refractivity (Wildman–Crippen MR) is 73.4 cm³/mol. The molecule has 0 amide bonds. The minimum atomic E-state index is -0.159. The molecule has 0 bridgehead atoms.